The molecule has 0 aromatic heterocycles. The summed E-state index contributed by atoms with van der Waals surface area (Å²) in [6, 6.07) is -0.903. The van der Waals surface area contributed by atoms with Crippen LogP contribution in [0.4, 0.5) is 0 Å². The molecule has 6 heteroatoms. The molecule has 0 heterocycles. The van der Waals surface area contributed by atoms with Crippen molar-refractivity contribution in [3.8, 4) is 0 Å². The number of ether oxygens (including phenoxy) is 1. The van der Waals surface area contributed by atoms with Crippen LogP contribution in [-0.2, 0) is 19.1 Å². The summed E-state index contributed by atoms with van der Waals surface area (Å²) in [5.41, 5.74) is 4.85. The standard InChI is InChI=1S/C36H68N2O4/c1-5-9-12-15-18-19-20-23-26-31-36(29-24-21-16-13-10-6-2,30-25-22-17-14-11-7-3)42-35(41)32(27-28-33(37)39)38-34(40)8-4/h8,32H,4-7,9-31H2,1-3H3,(H2,37,39)(H,38,40)/t32-/m0/s1. The lowest BCUT2D eigenvalue weighted by atomic mass is 9.84. The predicted molar refractivity (Wildman–Crippen MR) is 177 cm³/mol. The van der Waals surface area contributed by atoms with Crippen molar-refractivity contribution in [3.63, 3.8) is 0 Å². The highest BCUT2D eigenvalue weighted by atomic mass is 16.6. The van der Waals surface area contributed by atoms with Crippen LogP contribution in [0, 0.1) is 0 Å². The van der Waals surface area contributed by atoms with Gasteiger partial charge in [-0.2, -0.15) is 0 Å². The van der Waals surface area contributed by atoms with Crippen molar-refractivity contribution in [1.82, 2.24) is 5.32 Å². The quantitative estimate of drug-likeness (QED) is 0.0475. The molecule has 1 atom stereocenters. The van der Waals surface area contributed by atoms with E-state index in [1.54, 1.807) is 0 Å². The second-order valence-corrected chi connectivity index (χ2v) is 12.5. The number of hydrogen-bond donors (Lipinski definition) is 2. The Morgan fingerprint density at radius 3 is 1.36 bits per heavy atom. The fourth-order valence-corrected chi connectivity index (χ4v) is 5.79. The highest BCUT2D eigenvalue weighted by Crippen LogP contribution is 2.34. The Hall–Kier alpha value is -1.85. The first-order chi connectivity index (χ1) is 20.3. The Balaban J connectivity index is 5.56. The van der Waals surface area contributed by atoms with Gasteiger partial charge in [-0.3, -0.25) is 9.59 Å². The van der Waals surface area contributed by atoms with Crippen LogP contribution in [0.15, 0.2) is 12.7 Å². The van der Waals surface area contributed by atoms with Crippen molar-refractivity contribution in [1.29, 1.82) is 0 Å². The Bertz CT molecular complexity index is 678. The average Bonchev–Trinajstić information content (AvgIpc) is 2.97. The van der Waals surface area contributed by atoms with Gasteiger partial charge in [0.25, 0.3) is 0 Å². The van der Waals surface area contributed by atoms with Gasteiger partial charge in [-0.1, -0.05) is 143 Å². The molecule has 0 aromatic carbocycles. The van der Waals surface area contributed by atoms with E-state index in [0.717, 1.165) is 63.9 Å². The maximum absolute atomic E-state index is 13.6. The van der Waals surface area contributed by atoms with Gasteiger partial charge in [0.1, 0.15) is 11.6 Å². The van der Waals surface area contributed by atoms with Crippen LogP contribution < -0.4 is 11.1 Å². The summed E-state index contributed by atoms with van der Waals surface area (Å²) < 4.78 is 6.47. The van der Waals surface area contributed by atoms with Crippen molar-refractivity contribution < 1.29 is 19.1 Å². The summed E-state index contributed by atoms with van der Waals surface area (Å²) >= 11 is 0. The predicted octanol–water partition coefficient (Wildman–Crippen LogP) is 9.63. The van der Waals surface area contributed by atoms with E-state index in [1.165, 1.54) is 96.3 Å². The molecule has 0 rings (SSSR count). The van der Waals surface area contributed by atoms with Crippen LogP contribution in [0.1, 0.15) is 188 Å². The van der Waals surface area contributed by atoms with Gasteiger partial charge in [-0.15, -0.1) is 0 Å². The Morgan fingerprint density at radius 1 is 0.667 bits per heavy atom. The van der Waals surface area contributed by atoms with Crippen molar-refractivity contribution >= 4 is 17.8 Å². The largest absolute Gasteiger partial charge is 0.458 e. The fraction of sp³-hybridized carbons (Fsp3) is 0.861. The monoisotopic (exact) mass is 593 g/mol. The number of carbonyl (C=O) groups excluding carboxylic acids is 3. The molecule has 2 amide bonds. The van der Waals surface area contributed by atoms with Gasteiger partial charge in [0.2, 0.25) is 11.8 Å². The van der Waals surface area contributed by atoms with E-state index in [9.17, 15) is 14.4 Å². The van der Waals surface area contributed by atoms with Crippen molar-refractivity contribution in [3.05, 3.63) is 12.7 Å². The molecule has 0 fully saturated rings. The fourth-order valence-electron chi connectivity index (χ4n) is 5.79. The lowest BCUT2D eigenvalue weighted by Gasteiger charge is -2.36. The van der Waals surface area contributed by atoms with E-state index in [4.69, 9.17) is 10.5 Å². The SMILES string of the molecule is C=CC(=O)N[C@@H](CCC(N)=O)C(=O)OC(CCCCCCCC)(CCCCCCCC)CCCCCCCCCCC. The summed E-state index contributed by atoms with van der Waals surface area (Å²) in [5, 5.41) is 2.69. The minimum atomic E-state index is -0.903. The lowest BCUT2D eigenvalue weighted by molar-refractivity contribution is -0.166. The Morgan fingerprint density at radius 2 is 1.02 bits per heavy atom. The zero-order chi connectivity index (χ0) is 31.3. The molecule has 0 aliphatic heterocycles. The van der Waals surface area contributed by atoms with Crippen LogP contribution in [-0.4, -0.2) is 29.4 Å². The van der Waals surface area contributed by atoms with E-state index in [0.29, 0.717) is 0 Å². The molecule has 0 saturated heterocycles. The van der Waals surface area contributed by atoms with Crippen LogP contribution in [0.2, 0.25) is 0 Å². The molecule has 0 saturated carbocycles. The van der Waals surface area contributed by atoms with Gasteiger partial charge >= 0.3 is 5.97 Å². The van der Waals surface area contributed by atoms with Crippen LogP contribution in [0.5, 0.6) is 0 Å². The lowest BCUT2D eigenvalue weighted by Crippen LogP contribution is -2.46. The molecular weight excluding hydrogens is 524 g/mol. The third kappa shape index (κ3) is 22.7. The number of carbonyl (C=O) groups is 3. The van der Waals surface area contributed by atoms with E-state index in [2.05, 4.69) is 32.7 Å². The maximum atomic E-state index is 13.6. The molecule has 0 aromatic rings. The molecule has 0 radical (unpaired) electrons. The number of primary amides is 1. The van der Waals surface area contributed by atoms with E-state index in [-0.39, 0.29) is 12.8 Å². The summed E-state index contributed by atoms with van der Waals surface area (Å²) in [7, 11) is 0. The first-order valence-corrected chi connectivity index (χ1v) is 17.8. The van der Waals surface area contributed by atoms with Gasteiger partial charge in [0.05, 0.1) is 0 Å². The van der Waals surface area contributed by atoms with Crippen LogP contribution in [0.25, 0.3) is 0 Å². The minimum Gasteiger partial charge on any atom is -0.458 e. The average molecular weight is 593 g/mol. The third-order valence-electron chi connectivity index (χ3n) is 8.49. The number of nitrogens with two attached hydrogens (primary N) is 1. The second kappa shape index (κ2) is 28.0. The van der Waals surface area contributed by atoms with Gasteiger partial charge in [0.15, 0.2) is 0 Å². The zero-order valence-electron chi connectivity index (χ0n) is 28.0. The molecule has 0 unspecified atom stereocenters. The highest BCUT2D eigenvalue weighted by molar-refractivity contribution is 5.91. The van der Waals surface area contributed by atoms with Crippen LogP contribution >= 0.6 is 0 Å². The number of nitrogens with one attached hydrogen (secondary N) is 1. The zero-order valence-corrected chi connectivity index (χ0v) is 28.0. The van der Waals surface area contributed by atoms with E-state index < -0.39 is 29.4 Å². The molecule has 42 heavy (non-hydrogen) atoms. The van der Waals surface area contributed by atoms with Gasteiger partial charge in [0, 0.05) is 6.42 Å². The number of rotatable bonds is 31. The topological polar surface area (TPSA) is 98.5 Å². The highest BCUT2D eigenvalue weighted by Gasteiger charge is 2.36. The Kier molecular flexibility index (Phi) is 26.7. The first kappa shape index (κ1) is 40.1. The second-order valence-electron chi connectivity index (χ2n) is 12.5. The molecular formula is C36H68N2O4. The van der Waals surface area contributed by atoms with Gasteiger partial charge in [-0.05, 0) is 51.0 Å². The van der Waals surface area contributed by atoms with E-state index >= 15 is 0 Å². The molecule has 0 bridgehead atoms. The van der Waals surface area contributed by atoms with Crippen molar-refractivity contribution in [2.24, 2.45) is 5.73 Å². The summed E-state index contributed by atoms with van der Waals surface area (Å²) in [6.07, 6.45) is 29.4. The first-order valence-electron chi connectivity index (χ1n) is 17.8. The molecule has 0 aliphatic rings. The third-order valence-corrected chi connectivity index (χ3v) is 8.49. The summed E-state index contributed by atoms with van der Waals surface area (Å²) in [6.45, 7) is 10.2. The smallest absolute Gasteiger partial charge is 0.329 e. The van der Waals surface area contributed by atoms with Gasteiger partial charge in [-0.25, -0.2) is 4.79 Å². The van der Waals surface area contributed by atoms with Crippen molar-refractivity contribution in [2.45, 2.75) is 199 Å². The Labute approximate surface area is 259 Å². The summed E-state index contributed by atoms with van der Waals surface area (Å²) in [4.78, 5) is 37.2. The molecule has 0 aliphatic carbocycles. The van der Waals surface area contributed by atoms with Crippen LogP contribution in [0.3, 0.4) is 0 Å². The normalized spacial score (nSPS) is 12.2. The maximum Gasteiger partial charge on any atom is 0.329 e. The van der Waals surface area contributed by atoms with E-state index in [1.807, 2.05) is 0 Å². The number of esters is 1. The van der Waals surface area contributed by atoms with Gasteiger partial charge < -0.3 is 15.8 Å². The summed E-state index contributed by atoms with van der Waals surface area (Å²) in [5.74, 6) is -1.39. The molecule has 6 nitrogen and oxygen atoms in total. The number of amides is 2. The number of unbranched alkanes of at least 4 members (excludes halogenated alkanes) is 18. The molecule has 3 N–H and O–H groups in total. The van der Waals surface area contributed by atoms with Crippen molar-refractivity contribution in [2.75, 3.05) is 0 Å². The number of hydrogen-bond acceptors (Lipinski definition) is 4. The molecule has 0 spiro atoms. The molecule has 246 valence electrons. The minimum absolute atomic E-state index is 0.0112.